The van der Waals surface area contributed by atoms with E-state index in [1.165, 1.54) is 32.1 Å². The van der Waals surface area contributed by atoms with Gasteiger partial charge >= 0.3 is 6.09 Å². The first-order valence-electron chi connectivity index (χ1n) is 9.33. The number of Topliss-reactive ketones (excluding diaryl/α,β-unsaturated/α-hetero) is 1. The highest BCUT2D eigenvalue weighted by Crippen LogP contribution is 2.34. The van der Waals surface area contributed by atoms with E-state index >= 15 is 0 Å². The molecule has 132 valence electrons. The molecule has 0 aromatic heterocycles. The third kappa shape index (κ3) is 5.22. The summed E-state index contributed by atoms with van der Waals surface area (Å²) >= 11 is 0. The van der Waals surface area contributed by atoms with Gasteiger partial charge in [0, 0.05) is 24.9 Å². The van der Waals surface area contributed by atoms with Gasteiger partial charge in [-0.1, -0.05) is 39.0 Å². The van der Waals surface area contributed by atoms with Crippen LogP contribution in [0, 0.1) is 5.92 Å². The number of carbonyl (C=O) groups is 2. The van der Waals surface area contributed by atoms with Crippen LogP contribution in [0.5, 0.6) is 0 Å². The largest absolute Gasteiger partial charge is 0.444 e. The Balaban J connectivity index is 2.12. The third-order valence-corrected chi connectivity index (χ3v) is 5.12. The minimum Gasteiger partial charge on any atom is -0.444 e. The smallest absolute Gasteiger partial charge is 0.410 e. The number of rotatable bonds is 3. The van der Waals surface area contributed by atoms with Gasteiger partial charge in [-0.3, -0.25) is 4.79 Å². The van der Waals surface area contributed by atoms with Crippen LogP contribution in [-0.4, -0.2) is 34.5 Å². The maximum atomic E-state index is 12.7. The molecule has 1 heterocycles. The van der Waals surface area contributed by atoms with Crippen LogP contribution in [0.15, 0.2) is 0 Å². The van der Waals surface area contributed by atoms with Crippen molar-refractivity contribution in [2.75, 3.05) is 0 Å². The van der Waals surface area contributed by atoms with Crippen molar-refractivity contribution in [2.24, 2.45) is 5.92 Å². The molecule has 0 aromatic carbocycles. The standard InChI is InChI=1S/C19H33NO3/c1-5-15-12-17(21)13-16(11-14-9-7-6-8-10-14)20(15)18(22)23-19(2,3)4/h14-16H,5-13H2,1-4H3/t15-,16+/m0/s1. The highest BCUT2D eigenvalue weighted by atomic mass is 16.6. The van der Waals surface area contributed by atoms with Crippen LogP contribution in [0.2, 0.25) is 0 Å². The van der Waals surface area contributed by atoms with Crippen molar-refractivity contribution in [3.05, 3.63) is 0 Å². The number of amides is 1. The average molecular weight is 323 g/mol. The average Bonchev–Trinajstić information content (AvgIpc) is 2.45. The van der Waals surface area contributed by atoms with E-state index in [0.29, 0.717) is 24.5 Å². The van der Waals surface area contributed by atoms with Crippen molar-refractivity contribution in [1.29, 1.82) is 0 Å². The molecule has 0 radical (unpaired) electrons. The van der Waals surface area contributed by atoms with Crippen molar-refractivity contribution < 1.29 is 14.3 Å². The first-order valence-corrected chi connectivity index (χ1v) is 9.33. The number of hydrogen-bond donors (Lipinski definition) is 0. The van der Waals surface area contributed by atoms with E-state index in [1.807, 2.05) is 25.7 Å². The summed E-state index contributed by atoms with van der Waals surface area (Å²) in [6.45, 7) is 7.75. The fourth-order valence-corrected chi connectivity index (χ4v) is 4.06. The normalized spacial score (nSPS) is 27.1. The summed E-state index contributed by atoms with van der Waals surface area (Å²) in [5.74, 6) is 0.958. The molecule has 4 heteroatoms. The van der Waals surface area contributed by atoms with Gasteiger partial charge in [0.1, 0.15) is 11.4 Å². The molecular formula is C19H33NO3. The molecular weight excluding hydrogens is 290 g/mol. The molecule has 0 spiro atoms. The molecule has 0 bridgehead atoms. The minimum absolute atomic E-state index is 0.000287. The van der Waals surface area contributed by atoms with Crippen molar-refractivity contribution in [3.8, 4) is 0 Å². The lowest BCUT2D eigenvalue weighted by Gasteiger charge is -2.43. The van der Waals surface area contributed by atoms with Gasteiger partial charge in [-0.05, 0) is 39.5 Å². The summed E-state index contributed by atoms with van der Waals surface area (Å²) in [6.07, 6.45) is 8.90. The monoisotopic (exact) mass is 323 g/mol. The van der Waals surface area contributed by atoms with Gasteiger partial charge in [0.25, 0.3) is 0 Å². The molecule has 1 saturated heterocycles. The van der Waals surface area contributed by atoms with E-state index in [2.05, 4.69) is 6.92 Å². The number of hydrogen-bond acceptors (Lipinski definition) is 3. The predicted octanol–water partition coefficient (Wildman–Crippen LogP) is 4.70. The first kappa shape index (κ1) is 18.3. The Morgan fingerprint density at radius 2 is 1.74 bits per heavy atom. The highest BCUT2D eigenvalue weighted by molar-refractivity contribution is 5.83. The topological polar surface area (TPSA) is 46.6 Å². The fourth-order valence-electron chi connectivity index (χ4n) is 4.06. The molecule has 2 aliphatic rings. The van der Waals surface area contributed by atoms with E-state index in [4.69, 9.17) is 4.74 Å². The zero-order chi connectivity index (χ0) is 17.0. The van der Waals surface area contributed by atoms with E-state index in [9.17, 15) is 9.59 Å². The van der Waals surface area contributed by atoms with Crippen LogP contribution in [0.25, 0.3) is 0 Å². The third-order valence-electron chi connectivity index (χ3n) is 5.12. The van der Waals surface area contributed by atoms with E-state index < -0.39 is 5.60 Å². The quantitative estimate of drug-likeness (QED) is 0.756. The second kappa shape index (κ2) is 7.67. The van der Waals surface area contributed by atoms with Crippen LogP contribution in [-0.2, 0) is 9.53 Å². The van der Waals surface area contributed by atoms with Crippen LogP contribution >= 0.6 is 0 Å². The number of likely N-dealkylation sites (tertiary alicyclic amines) is 1. The lowest BCUT2D eigenvalue weighted by atomic mass is 9.81. The zero-order valence-electron chi connectivity index (χ0n) is 15.3. The van der Waals surface area contributed by atoms with E-state index in [-0.39, 0.29) is 18.2 Å². The van der Waals surface area contributed by atoms with Gasteiger partial charge in [-0.15, -0.1) is 0 Å². The Morgan fingerprint density at radius 1 is 1.13 bits per heavy atom. The Hall–Kier alpha value is -1.06. The molecule has 0 aromatic rings. The second-order valence-electron chi connectivity index (χ2n) is 8.29. The number of ketones is 1. The van der Waals surface area contributed by atoms with Crippen LogP contribution < -0.4 is 0 Å². The Kier molecular flexibility index (Phi) is 6.10. The molecule has 4 nitrogen and oxygen atoms in total. The Bertz CT molecular complexity index is 421. The summed E-state index contributed by atoms with van der Waals surface area (Å²) in [5, 5.41) is 0. The predicted molar refractivity (Wildman–Crippen MR) is 91.4 cm³/mol. The van der Waals surface area contributed by atoms with Gasteiger partial charge in [0.15, 0.2) is 0 Å². The molecule has 2 rings (SSSR count). The summed E-state index contributed by atoms with van der Waals surface area (Å²) in [5.41, 5.74) is -0.494. The molecule has 0 unspecified atom stereocenters. The van der Waals surface area contributed by atoms with Crippen LogP contribution in [0.4, 0.5) is 4.79 Å². The minimum atomic E-state index is -0.494. The van der Waals surface area contributed by atoms with Crippen LogP contribution in [0.3, 0.4) is 0 Å². The fraction of sp³-hybridized carbons (Fsp3) is 0.895. The molecule has 1 aliphatic carbocycles. The van der Waals surface area contributed by atoms with Gasteiger partial charge in [0.2, 0.25) is 0 Å². The molecule has 2 fully saturated rings. The molecule has 23 heavy (non-hydrogen) atoms. The first-order chi connectivity index (χ1) is 10.8. The lowest BCUT2D eigenvalue weighted by molar-refractivity contribution is -0.125. The Morgan fingerprint density at radius 3 is 2.30 bits per heavy atom. The summed E-state index contributed by atoms with van der Waals surface area (Å²) < 4.78 is 5.64. The summed E-state index contributed by atoms with van der Waals surface area (Å²) in [6, 6.07) is 0.0267. The lowest BCUT2D eigenvalue weighted by Crippen LogP contribution is -2.54. The molecule has 1 aliphatic heterocycles. The molecule has 1 amide bonds. The summed E-state index contributed by atoms with van der Waals surface area (Å²) in [4.78, 5) is 26.8. The van der Waals surface area contributed by atoms with Crippen molar-refractivity contribution in [1.82, 2.24) is 4.90 Å². The van der Waals surface area contributed by atoms with Crippen molar-refractivity contribution >= 4 is 11.9 Å². The Labute approximate surface area is 140 Å². The molecule has 0 N–H and O–H groups in total. The van der Waals surface area contributed by atoms with E-state index in [0.717, 1.165) is 12.8 Å². The maximum absolute atomic E-state index is 12.7. The van der Waals surface area contributed by atoms with Crippen LogP contribution in [0.1, 0.15) is 85.5 Å². The van der Waals surface area contributed by atoms with Gasteiger partial charge < -0.3 is 9.64 Å². The van der Waals surface area contributed by atoms with E-state index in [1.54, 1.807) is 0 Å². The number of piperidine rings is 1. The molecule has 1 saturated carbocycles. The number of carbonyl (C=O) groups excluding carboxylic acids is 2. The van der Waals surface area contributed by atoms with Gasteiger partial charge in [-0.25, -0.2) is 4.79 Å². The van der Waals surface area contributed by atoms with Gasteiger partial charge in [-0.2, -0.15) is 0 Å². The van der Waals surface area contributed by atoms with Crippen molar-refractivity contribution in [2.45, 2.75) is 103 Å². The van der Waals surface area contributed by atoms with Gasteiger partial charge in [0.05, 0.1) is 0 Å². The zero-order valence-corrected chi connectivity index (χ0v) is 15.3. The second-order valence-corrected chi connectivity index (χ2v) is 8.29. The highest BCUT2D eigenvalue weighted by Gasteiger charge is 2.40. The molecule has 2 atom stereocenters. The van der Waals surface area contributed by atoms with Crippen molar-refractivity contribution in [3.63, 3.8) is 0 Å². The number of nitrogens with zero attached hydrogens (tertiary/aromatic N) is 1. The summed E-state index contributed by atoms with van der Waals surface area (Å²) in [7, 11) is 0. The maximum Gasteiger partial charge on any atom is 0.410 e. The number of ether oxygens (including phenoxy) is 1. The SMILES string of the molecule is CC[C@H]1CC(=O)C[C@@H](CC2CCCCC2)N1C(=O)OC(C)(C)C.